The molecule has 0 fully saturated rings. The average molecular weight is 867 g/mol. The Labute approximate surface area is 319 Å². The van der Waals surface area contributed by atoms with E-state index in [1.54, 1.807) is 0 Å². The Kier molecular flexibility index (Phi) is 15.2. The van der Waals surface area contributed by atoms with Gasteiger partial charge in [0.05, 0.1) is 16.0 Å². The van der Waals surface area contributed by atoms with E-state index in [2.05, 4.69) is 114 Å². The summed E-state index contributed by atoms with van der Waals surface area (Å²) in [6.07, 6.45) is 6.01. The summed E-state index contributed by atoms with van der Waals surface area (Å²) in [7, 11) is 0. The van der Waals surface area contributed by atoms with Crippen molar-refractivity contribution >= 4 is 38.1 Å². The zero-order chi connectivity index (χ0) is 35.9. The Morgan fingerprint density at radius 1 is 0.900 bits per heavy atom. The van der Waals surface area contributed by atoms with Crippen LogP contribution in [0.1, 0.15) is 104 Å². The van der Waals surface area contributed by atoms with Crippen molar-refractivity contribution in [3.63, 3.8) is 0 Å². The zero-order valence-corrected chi connectivity index (χ0v) is 35.0. The van der Waals surface area contributed by atoms with Crippen molar-refractivity contribution in [3.8, 4) is 22.4 Å². The molecule has 0 atom stereocenters. The van der Waals surface area contributed by atoms with Crippen molar-refractivity contribution in [3.05, 3.63) is 101 Å². The van der Waals surface area contributed by atoms with E-state index < -0.39 is 0 Å². The van der Waals surface area contributed by atoms with Gasteiger partial charge in [0.2, 0.25) is 0 Å². The summed E-state index contributed by atoms with van der Waals surface area (Å²) in [5.41, 5.74) is 8.38. The van der Waals surface area contributed by atoms with Gasteiger partial charge in [0.25, 0.3) is 0 Å². The van der Waals surface area contributed by atoms with Gasteiger partial charge in [-0.05, 0) is 73.1 Å². The van der Waals surface area contributed by atoms with E-state index in [0.717, 1.165) is 54.3 Å². The number of aliphatic hydroxyl groups is 1. The van der Waals surface area contributed by atoms with Gasteiger partial charge in [-0.25, -0.2) is 0 Å². The Morgan fingerprint density at radius 3 is 2.10 bits per heavy atom. The molecule has 0 spiro atoms. The third-order valence-corrected chi connectivity index (χ3v) is 10.5. The number of rotatable bonds is 11. The number of aliphatic hydroxyl groups excluding tert-OH is 1. The first-order valence-corrected chi connectivity index (χ1v) is 19.0. The fraction of sp³-hybridized carbons (Fsp3) is 0.422. The van der Waals surface area contributed by atoms with Crippen LogP contribution in [0.3, 0.4) is 0 Å². The van der Waals surface area contributed by atoms with Crippen LogP contribution in [0.25, 0.3) is 43.4 Å². The number of benzene rings is 3. The molecule has 2 heterocycles. The maximum atomic E-state index is 11.7. The number of hydrogen-bond donors (Lipinski definition) is 1. The molecule has 5 heteroatoms. The smallest absolute Gasteiger partial charge is 0.162 e. The topological polar surface area (TPSA) is 50.2 Å². The molecule has 5 rings (SSSR count). The van der Waals surface area contributed by atoms with Gasteiger partial charge in [0, 0.05) is 48.6 Å². The van der Waals surface area contributed by atoms with Gasteiger partial charge in [0.1, 0.15) is 0 Å². The second-order valence-corrected chi connectivity index (χ2v) is 16.1. The Balaban J connectivity index is 0.000000361. The van der Waals surface area contributed by atoms with E-state index in [9.17, 15) is 9.90 Å². The first kappa shape index (κ1) is 41.3. The normalized spacial score (nSPS) is 12.1. The molecule has 5 aromatic rings. The van der Waals surface area contributed by atoms with Gasteiger partial charge >= 0.3 is 0 Å². The summed E-state index contributed by atoms with van der Waals surface area (Å²) in [5.74, 6) is 1.21. The first-order valence-electron chi connectivity index (χ1n) is 18.2. The van der Waals surface area contributed by atoms with Crippen LogP contribution in [0, 0.1) is 30.7 Å². The fourth-order valence-corrected chi connectivity index (χ4v) is 7.54. The molecule has 1 radical (unpaired) electrons. The maximum absolute atomic E-state index is 11.7. The molecule has 0 saturated heterocycles. The fourth-order valence-electron chi connectivity index (χ4n) is 6.55. The van der Waals surface area contributed by atoms with Crippen LogP contribution in [-0.2, 0) is 36.7 Å². The van der Waals surface area contributed by atoms with Gasteiger partial charge in [-0.15, -0.1) is 40.5 Å². The molecular weight excluding hydrogens is 811 g/mol. The molecule has 0 saturated carbocycles. The van der Waals surface area contributed by atoms with Crippen LogP contribution in [-0.4, -0.2) is 15.9 Å². The van der Waals surface area contributed by atoms with Crippen molar-refractivity contribution in [1.82, 2.24) is 4.98 Å². The summed E-state index contributed by atoms with van der Waals surface area (Å²) in [5, 5.41) is 12.2. The second-order valence-electron chi connectivity index (χ2n) is 14.8. The third kappa shape index (κ3) is 10.2. The van der Waals surface area contributed by atoms with Crippen molar-refractivity contribution < 1.29 is 30.0 Å². The van der Waals surface area contributed by atoms with Gasteiger partial charge < -0.3 is 5.11 Å². The molecule has 0 amide bonds. The van der Waals surface area contributed by atoms with Crippen molar-refractivity contribution in [2.45, 2.75) is 107 Å². The van der Waals surface area contributed by atoms with Crippen LogP contribution in [0.15, 0.2) is 78.6 Å². The number of aryl methyl sites for hydroxylation is 1. The first-order chi connectivity index (χ1) is 23.3. The maximum Gasteiger partial charge on any atom is 0.162 e. The van der Waals surface area contributed by atoms with Crippen LogP contribution in [0.5, 0.6) is 0 Å². The zero-order valence-electron chi connectivity index (χ0n) is 31.7. The minimum atomic E-state index is 0. The van der Waals surface area contributed by atoms with Crippen LogP contribution in [0.2, 0.25) is 0 Å². The summed E-state index contributed by atoms with van der Waals surface area (Å²) < 4.78 is 1.26. The molecule has 2 aromatic heterocycles. The van der Waals surface area contributed by atoms with E-state index in [1.165, 1.54) is 43.3 Å². The molecule has 1 N–H and O–H groups in total. The number of allylic oxidation sites excluding steroid dienone is 2. The number of carbonyl (C=O) groups is 1. The number of nitrogens with zero attached hydrogens (tertiary/aromatic N) is 1. The van der Waals surface area contributed by atoms with E-state index in [4.69, 9.17) is 4.98 Å². The molecule has 0 aliphatic carbocycles. The van der Waals surface area contributed by atoms with Crippen LogP contribution < -0.4 is 0 Å². The summed E-state index contributed by atoms with van der Waals surface area (Å²) in [4.78, 5) is 18.1. The molecule has 0 aliphatic rings. The Bertz CT molecular complexity index is 1890. The van der Waals surface area contributed by atoms with E-state index >= 15 is 0 Å². The van der Waals surface area contributed by atoms with E-state index in [-0.39, 0.29) is 48.9 Å². The second kappa shape index (κ2) is 18.4. The number of aromatic nitrogens is 1. The number of ketones is 1. The Hall–Kier alpha value is -3.11. The van der Waals surface area contributed by atoms with Crippen molar-refractivity contribution in [2.75, 3.05) is 0 Å². The number of pyridine rings is 1. The van der Waals surface area contributed by atoms with E-state index in [1.807, 2.05) is 39.0 Å². The Morgan fingerprint density at radius 2 is 1.52 bits per heavy atom. The van der Waals surface area contributed by atoms with Gasteiger partial charge in [-0.2, -0.15) is 0 Å². The summed E-state index contributed by atoms with van der Waals surface area (Å²) >= 11 is 1.83. The number of hydrogen-bond acceptors (Lipinski definition) is 4. The average Bonchev–Trinajstić information content (AvgIpc) is 3.45. The predicted octanol–water partition coefficient (Wildman–Crippen LogP) is 13.3. The van der Waals surface area contributed by atoms with Crippen molar-refractivity contribution in [1.29, 1.82) is 0 Å². The quantitative estimate of drug-likeness (QED) is 0.0817. The largest absolute Gasteiger partial charge is 0.512 e. The third-order valence-electron chi connectivity index (χ3n) is 9.45. The molecule has 3 aromatic carbocycles. The molecule has 0 aliphatic heterocycles. The number of carbonyl (C=O) groups excluding carboxylic acids is 1. The minimum Gasteiger partial charge on any atom is -0.512 e. The van der Waals surface area contributed by atoms with Gasteiger partial charge in [-0.3, -0.25) is 9.78 Å². The van der Waals surface area contributed by atoms with Gasteiger partial charge in [0.15, 0.2) is 5.78 Å². The van der Waals surface area contributed by atoms with E-state index in [0.29, 0.717) is 5.92 Å². The predicted molar refractivity (Wildman–Crippen MR) is 213 cm³/mol. The number of thiophene rings is 1. The molecule has 0 bridgehead atoms. The van der Waals surface area contributed by atoms with Gasteiger partial charge in [-0.1, -0.05) is 122 Å². The van der Waals surface area contributed by atoms with Crippen LogP contribution >= 0.6 is 11.3 Å². The SMILES string of the molecule is CCC(CC)C(=O)/C=C(\O)C(CC)CC.Cc1cc2nc(-c3[c-]c4ccccc4c(C(C)(C)C)c3)cc(-c3ccc(CC(C)C)cc3)c2s1.[Ir]. The molecular formula is C45H56IrNO2S-. The minimum absolute atomic E-state index is 0. The number of fused-ring (bicyclic) bond motifs is 2. The summed E-state index contributed by atoms with van der Waals surface area (Å²) in [6.45, 7) is 21.6. The summed E-state index contributed by atoms with van der Waals surface area (Å²) in [6, 6.07) is 28.1. The molecule has 50 heavy (non-hydrogen) atoms. The molecule has 0 unspecified atom stereocenters. The monoisotopic (exact) mass is 867 g/mol. The molecule has 3 nitrogen and oxygen atoms in total. The van der Waals surface area contributed by atoms with Crippen LogP contribution in [0.4, 0.5) is 0 Å². The standard InChI is InChI=1S/C32H32NS.C13H24O2.Ir/c1-20(2)15-22-11-13-23(14-12-22)27-19-29(33-30-16-21(3)34-31(27)30)25-17-24-9-7-8-10-26(24)28(18-25)32(4,5)6;1-5-10(6-2)12(14)9-13(15)11(7-3)8-4;/h7-14,16,18-20H,15H2,1-6H3;9-11,14H,5-8H2,1-4H3;/q-1;;/b;12-9-;. The van der Waals surface area contributed by atoms with Crippen molar-refractivity contribution in [2.24, 2.45) is 17.8 Å². The molecule has 269 valence electrons.